The second-order valence-corrected chi connectivity index (χ2v) is 39.1. The highest BCUT2D eigenvalue weighted by atomic mass is 15.2. The summed E-state index contributed by atoms with van der Waals surface area (Å²) < 4.78 is 95.5. The molecule has 13 aromatic carbocycles. The Kier molecular flexibility index (Phi) is 15.9. The van der Waals surface area contributed by atoms with E-state index in [1.165, 1.54) is 33.0 Å². The molecule has 0 bridgehead atoms. The number of nitrogens with zero attached hydrogens (tertiary/aromatic N) is 6. The normalized spacial score (nSPS) is 14.5. The molecule has 0 amide bonds. The summed E-state index contributed by atoms with van der Waals surface area (Å²) in [6.45, 7) is 47.0. The fourth-order valence-electron chi connectivity index (χ4n) is 16.9. The average Bonchev–Trinajstić information content (AvgIpc) is 0.700. The lowest BCUT2D eigenvalue weighted by Gasteiger charge is -2.46. The van der Waals surface area contributed by atoms with E-state index >= 15 is 0 Å². The third-order valence-corrected chi connectivity index (χ3v) is 23.7. The Morgan fingerprint density at radius 1 is 0.267 bits per heavy atom. The van der Waals surface area contributed by atoms with Crippen LogP contribution in [0.2, 0.25) is 0 Å². The highest BCUT2D eigenvalue weighted by Gasteiger charge is 2.47. The fourth-order valence-corrected chi connectivity index (χ4v) is 16.9. The fraction of sp³-hybridized carbons (Fsp3) is 0.257. The Balaban J connectivity index is 1.10. The molecule has 2 aliphatic heterocycles. The predicted molar refractivity (Wildman–Crippen MR) is 497 cm³/mol. The molecule has 2 aliphatic rings. The van der Waals surface area contributed by atoms with E-state index in [0.29, 0.717) is 11.3 Å². The molecular weight excluding hydrogens is 1400 g/mol. The highest BCUT2D eigenvalue weighted by molar-refractivity contribution is 7.00. The zero-order chi connectivity index (χ0) is 90.4. The van der Waals surface area contributed by atoms with Gasteiger partial charge in [-0.05, 0) is 200 Å². The van der Waals surface area contributed by atoms with Gasteiger partial charge in [-0.25, -0.2) is 15.0 Å². The molecular formula is C109H109BN6. The summed E-state index contributed by atoms with van der Waals surface area (Å²) in [6, 6.07) is 75.0. The molecule has 15 aromatic rings. The lowest BCUT2D eigenvalue weighted by Crippen LogP contribution is -2.61. The molecule has 0 atom stereocenters. The molecule has 578 valence electrons. The third-order valence-electron chi connectivity index (χ3n) is 23.7. The summed E-state index contributed by atoms with van der Waals surface area (Å²) >= 11 is 0. The molecule has 2 aromatic heterocycles. The summed E-state index contributed by atoms with van der Waals surface area (Å²) in [5, 5.41) is 2.35. The molecule has 17 rings (SSSR count). The van der Waals surface area contributed by atoms with Gasteiger partial charge in [0.05, 0.1) is 36.1 Å². The SMILES string of the molecule is [2H]c1c([2H])c([2H])c(-c2nc(-c3cc(C(C)(C)C)cc(-c4ccccc4)c3N3c4cc(-c5cc(C(C)(C)C)cc(C(C)(C)C)c5)ccc4B4c5ccc(-n6c7ccc(C(C)(C)C)cc7c7cc(C(C)(C)C)ccc76)cc5N(c5c(-c6ccccc6)cc(C(C)(C)C)cc5-c5ccccc5)c5cc(C(C)(C)C)cc3c54)nc(-c3c([2H])c([2H])c([2H])c([2H])c3[2H])n2)c([2H])c1[2H]. The van der Waals surface area contributed by atoms with E-state index in [-0.39, 0.29) is 55.7 Å². The minimum atomic E-state index is -0.638. The Morgan fingerprint density at radius 2 is 0.621 bits per heavy atom. The standard InChI is InChI=1S/C109H109BN6/c1-103(2,3)75-48-53-91-86(59-75)87-60-76(104(4,5)6)49-54-92(87)114(91)82-50-52-90-94(67-82)116(98-83(68-37-27-22-28-38-68)61-79(107(13,14)15)62-84(98)69-39-29-23-30-40-69)96-66-81(109(19,20)21)65-95-97(96)110(90)89-51-47-73(74-55-77(105(7,8)9)58-78(56-74)106(10,11)12)57-93(89)115(95)99-85(70-41-31-24-32-42-70)63-80(108(16,17)18)64-88(99)102-112-100(71-43-33-25-34-44-71)111-101(113-102)72-45-35-26-36-46-72/h22-67H,1-21H3/i25D,26D,33D,34D,35D,36D,43D,44D,45D,46D. The van der Waals surface area contributed by atoms with E-state index in [2.05, 4.69) is 360 Å². The van der Waals surface area contributed by atoms with Crippen molar-refractivity contribution in [3.05, 3.63) is 318 Å². The van der Waals surface area contributed by atoms with Gasteiger partial charge in [0.2, 0.25) is 0 Å². The molecule has 4 heterocycles. The Labute approximate surface area is 703 Å². The first-order chi connectivity index (χ1) is 59.1. The van der Waals surface area contributed by atoms with Crippen molar-refractivity contribution in [1.82, 2.24) is 19.5 Å². The van der Waals surface area contributed by atoms with Crippen molar-refractivity contribution in [2.45, 2.75) is 183 Å². The number of benzene rings is 13. The van der Waals surface area contributed by atoms with Gasteiger partial charge in [0, 0.05) is 72.6 Å². The van der Waals surface area contributed by atoms with E-state index in [4.69, 9.17) is 17.7 Å². The number of hydrogen-bond acceptors (Lipinski definition) is 5. The second-order valence-electron chi connectivity index (χ2n) is 39.1. The smallest absolute Gasteiger partial charge is 0.252 e. The van der Waals surface area contributed by atoms with Gasteiger partial charge < -0.3 is 14.4 Å². The van der Waals surface area contributed by atoms with Gasteiger partial charge >= 0.3 is 0 Å². The second kappa shape index (κ2) is 28.1. The van der Waals surface area contributed by atoms with Crippen LogP contribution in [0.1, 0.15) is 198 Å². The topological polar surface area (TPSA) is 50.1 Å². The van der Waals surface area contributed by atoms with Crippen molar-refractivity contribution < 1.29 is 13.7 Å². The molecule has 6 nitrogen and oxygen atoms in total. The van der Waals surface area contributed by atoms with Gasteiger partial charge in [0.1, 0.15) is 0 Å². The van der Waals surface area contributed by atoms with Crippen molar-refractivity contribution in [1.29, 1.82) is 0 Å². The van der Waals surface area contributed by atoms with Gasteiger partial charge in [-0.3, -0.25) is 0 Å². The quantitative estimate of drug-likeness (QED) is 0.128. The first kappa shape index (κ1) is 65.6. The van der Waals surface area contributed by atoms with E-state index in [1.807, 2.05) is 18.2 Å². The van der Waals surface area contributed by atoms with Crippen LogP contribution >= 0.6 is 0 Å². The highest BCUT2D eigenvalue weighted by Crippen LogP contribution is 2.56. The van der Waals surface area contributed by atoms with Crippen LogP contribution in [0.4, 0.5) is 34.1 Å². The largest absolute Gasteiger partial charge is 0.310 e. The number of aromatic nitrogens is 4. The van der Waals surface area contributed by atoms with Crippen LogP contribution in [0.15, 0.2) is 279 Å². The lowest BCUT2D eigenvalue weighted by molar-refractivity contribution is 0.569. The van der Waals surface area contributed by atoms with Crippen LogP contribution in [-0.4, -0.2) is 26.2 Å². The summed E-state index contributed by atoms with van der Waals surface area (Å²) in [4.78, 5) is 20.8. The zero-order valence-corrected chi connectivity index (χ0v) is 71.0. The summed E-state index contributed by atoms with van der Waals surface area (Å²) in [6.07, 6.45) is 0. The molecule has 0 spiro atoms. The monoisotopic (exact) mass is 1520 g/mol. The van der Waals surface area contributed by atoms with Crippen molar-refractivity contribution in [3.8, 4) is 84.4 Å². The number of fused-ring (bicyclic) bond motifs is 7. The average molecular weight is 1520 g/mol. The number of rotatable bonds is 10. The zero-order valence-electron chi connectivity index (χ0n) is 81.0. The molecule has 0 N–H and O–H groups in total. The van der Waals surface area contributed by atoms with Crippen molar-refractivity contribution >= 4 is 79.0 Å². The summed E-state index contributed by atoms with van der Waals surface area (Å²) in [5.74, 6) is -0.799. The molecule has 0 saturated heterocycles. The van der Waals surface area contributed by atoms with Crippen LogP contribution in [0.5, 0.6) is 0 Å². The molecule has 0 aliphatic carbocycles. The predicted octanol–water partition coefficient (Wildman–Crippen LogP) is 27.8. The van der Waals surface area contributed by atoms with Crippen LogP contribution in [0.25, 0.3) is 106 Å². The first-order valence-electron chi connectivity index (χ1n) is 45.9. The summed E-state index contributed by atoms with van der Waals surface area (Å²) in [7, 11) is 0. The lowest BCUT2D eigenvalue weighted by atomic mass is 9.33. The maximum atomic E-state index is 9.66. The molecule has 116 heavy (non-hydrogen) atoms. The maximum absolute atomic E-state index is 9.66. The molecule has 0 unspecified atom stereocenters. The van der Waals surface area contributed by atoms with Crippen LogP contribution in [0.3, 0.4) is 0 Å². The molecule has 0 fully saturated rings. The van der Waals surface area contributed by atoms with Crippen molar-refractivity contribution in [3.63, 3.8) is 0 Å². The first-order valence-corrected chi connectivity index (χ1v) is 40.9. The molecule has 0 saturated carbocycles. The van der Waals surface area contributed by atoms with Gasteiger partial charge in [-0.2, -0.15) is 0 Å². The Hall–Kier alpha value is -11.7. The van der Waals surface area contributed by atoms with Crippen molar-refractivity contribution in [2.75, 3.05) is 9.80 Å². The van der Waals surface area contributed by atoms with Crippen LogP contribution < -0.4 is 26.2 Å². The minimum absolute atomic E-state index is 0.0620. The summed E-state index contributed by atoms with van der Waals surface area (Å²) in [5.41, 5.74) is 24.2. The molecule has 0 radical (unpaired) electrons. The van der Waals surface area contributed by atoms with Crippen LogP contribution in [-0.2, 0) is 37.9 Å². The maximum Gasteiger partial charge on any atom is 0.252 e. The van der Waals surface area contributed by atoms with Gasteiger partial charge in [0.15, 0.2) is 17.5 Å². The van der Waals surface area contributed by atoms with E-state index in [0.717, 1.165) is 123 Å². The van der Waals surface area contributed by atoms with E-state index in [1.54, 1.807) is 0 Å². The number of anilines is 6. The van der Waals surface area contributed by atoms with Gasteiger partial charge in [-0.1, -0.05) is 345 Å². The van der Waals surface area contributed by atoms with E-state index < -0.39 is 78.0 Å². The van der Waals surface area contributed by atoms with E-state index in [9.17, 15) is 11.0 Å². The van der Waals surface area contributed by atoms with Crippen molar-refractivity contribution in [2.24, 2.45) is 0 Å². The minimum Gasteiger partial charge on any atom is -0.310 e. The third kappa shape index (κ3) is 14.0. The Bertz CT molecular complexity index is 6700. The van der Waals surface area contributed by atoms with Crippen LogP contribution in [0, 0.1) is 0 Å². The number of hydrogen-bond donors (Lipinski definition) is 0. The van der Waals surface area contributed by atoms with Gasteiger partial charge in [-0.15, -0.1) is 0 Å². The van der Waals surface area contributed by atoms with Gasteiger partial charge in [0.25, 0.3) is 6.71 Å². The molecule has 7 heteroatoms. The Morgan fingerprint density at radius 3 is 1.03 bits per heavy atom.